The zero-order valence-corrected chi connectivity index (χ0v) is 22.6. The molecule has 194 valence electrons. The fraction of sp³-hybridized carbons (Fsp3) is 0.281. The molecule has 4 nitrogen and oxygen atoms in total. The van der Waals surface area contributed by atoms with Gasteiger partial charge in [0.15, 0.2) is 0 Å². The highest BCUT2D eigenvalue weighted by Gasteiger charge is 2.08. The number of fused-ring (bicyclic) bond motifs is 1. The lowest BCUT2D eigenvalue weighted by atomic mass is 10.0. The van der Waals surface area contributed by atoms with Crippen LogP contribution in [0.5, 0.6) is 5.75 Å². The highest BCUT2D eigenvalue weighted by atomic mass is 19.1. The molecule has 0 saturated carbocycles. The number of aromatic nitrogens is 2. The van der Waals surface area contributed by atoms with Crippen LogP contribution in [-0.4, -0.2) is 23.1 Å². The molecule has 3 aromatic carbocycles. The predicted molar refractivity (Wildman–Crippen MR) is 156 cm³/mol. The maximum atomic E-state index is 13.1. The normalized spacial score (nSPS) is 11.8. The van der Waals surface area contributed by atoms with E-state index in [9.17, 15) is 4.39 Å². The molecule has 37 heavy (non-hydrogen) atoms. The summed E-state index contributed by atoms with van der Waals surface area (Å²) in [5.41, 5.74) is 6.70. The van der Waals surface area contributed by atoms with Crippen molar-refractivity contribution in [2.45, 2.75) is 47.5 Å². The molecule has 0 aliphatic heterocycles. The molecule has 0 radical (unpaired) electrons. The van der Waals surface area contributed by atoms with E-state index in [-0.39, 0.29) is 5.82 Å². The summed E-state index contributed by atoms with van der Waals surface area (Å²) in [6, 6.07) is 17.8. The van der Waals surface area contributed by atoms with Crippen LogP contribution < -0.4 is 20.5 Å². The van der Waals surface area contributed by atoms with Crippen LogP contribution in [0, 0.1) is 5.82 Å². The number of aryl methyl sites for hydroxylation is 1. The standard InChI is InChI=1S/C20H25N3O.C12H13F/c1-4-11-24-19-10-8-15(12-14(19)5-2)16-7-9-17-18(13-16)23-20(22-17)21-6-3;1-4-6-9(2)11-7-5-8-12(13)10(11)3/h7-10,12-13H,4-6,11H2,1-3H3,(H2,21,22,23);4-8H,3H2,1-2H3/b;6-4-,11-9-. The van der Waals surface area contributed by atoms with E-state index >= 15 is 0 Å². The molecular weight excluding hydrogens is 461 g/mol. The van der Waals surface area contributed by atoms with E-state index in [1.807, 2.05) is 32.1 Å². The maximum Gasteiger partial charge on any atom is 0.201 e. The van der Waals surface area contributed by atoms with Gasteiger partial charge in [-0.3, -0.25) is 0 Å². The second-order valence-corrected chi connectivity index (χ2v) is 8.82. The molecule has 0 fully saturated rings. The van der Waals surface area contributed by atoms with Crippen molar-refractivity contribution in [2.24, 2.45) is 0 Å². The highest BCUT2D eigenvalue weighted by Crippen LogP contribution is 2.29. The molecule has 2 N–H and O–H groups in total. The largest absolute Gasteiger partial charge is 0.493 e. The SMILES string of the molecule is C=c1c(F)ccc/c1=C(C)/C=C\C.CCCOc1ccc(-c2ccc3nc(NCC)[nH]c3c2)cc1CC. The summed E-state index contributed by atoms with van der Waals surface area (Å²) in [4.78, 5) is 7.86. The van der Waals surface area contributed by atoms with E-state index in [1.54, 1.807) is 6.07 Å². The van der Waals surface area contributed by atoms with Gasteiger partial charge in [0.1, 0.15) is 11.6 Å². The Morgan fingerprint density at radius 1 is 1.08 bits per heavy atom. The Labute approximate surface area is 219 Å². The van der Waals surface area contributed by atoms with Crippen LogP contribution in [0.3, 0.4) is 0 Å². The summed E-state index contributed by atoms with van der Waals surface area (Å²) in [6.07, 6.45) is 5.86. The molecule has 4 rings (SSSR count). The van der Waals surface area contributed by atoms with E-state index in [0.717, 1.165) is 59.5 Å². The van der Waals surface area contributed by atoms with Gasteiger partial charge in [0, 0.05) is 11.8 Å². The number of anilines is 1. The van der Waals surface area contributed by atoms with E-state index < -0.39 is 0 Å². The summed E-state index contributed by atoms with van der Waals surface area (Å²) < 4.78 is 18.9. The first kappa shape index (κ1) is 27.7. The Bertz CT molecular complexity index is 1470. The monoisotopic (exact) mass is 499 g/mol. The summed E-state index contributed by atoms with van der Waals surface area (Å²) >= 11 is 0. The summed E-state index contributed by atoms with van der Waals surface area (Å²) in [5, 5.41) is 4.56. The predicted octanol–water partition coefficient (Wildman–Crippen LogP) is 7.00. The van der Waals surface area contributed by atoms with Crippen LogP contribution in [0.2, 0.25) is 0 Å². The van der Waals surface area contributed by atoms with Gasteiger partial charge in [0.25, 0.3) is 0 Å². The van der Waals surface area contributed by atoms with Crippen LogP contribution >= 0.6 is 0 Å². The molecule has 0 unspecified atom stereocenters. The number of rotatable bonds is 8. The minimum atomic E-state index is -0.249. The smallest absolute Gasteiger partial charge is 0.201 e. The highest BCUT2D eigenvalue weighted by molar-refractivity contribution is 5.83. The Hall–Kier alpha value is -3.86. The van der Waals surface area contributed by atoms with Gasteiger partial charge in [-0.25, -0.2) is 9.37 Å². The number of aromatic amines is 1. The van der Waals surface area contributed by atoms with E-state index in [2.05, 4.69) is 79.0 Å². The van der Waals surface area contributed by atoms with Crippen LogP contribution in [0.15, 0.2) is 66.7 Å². The minimum Gasteiger partial charge on any atom is -0.493 e. The van der Waals surface area contributed by atoms with Crippen molar-refractivity contribution >= 4 is 29.1 Å². The lowest BCUT2D eigenvalue weighted by molar-refractivity contribution is 0.314. The number of halogens is 1. The first-order chi connectivity index (χ1) is 17.9. The van der Waals surface area contributed by atoms with Gasteiger partial charge in [0.2, 0.25) is 5.95 Å². The molecule has 0 saturated heterocycles. The van der Waals surface area contributed by atoms with Crippen LogP contribution in [0.25, 0.3) is 34.3 Å². The number of hydrogen-bond donors (Lipinski definition) is 2. The second kappa shape index (κ2) is 13.4. The van der Waals surface area contributed by atoms with Crippen molar-refractivity contribution in [2.75, 3.05) is 18.5 Å². The van der Waals surface area contributed by atoms with E-state index in [0.29, 0.717) is 5.22 Å². The van der Waals surface area contributed by atoms with Gasteiger partial charge in [-0.2, -0.15) is 0 Å². The van der Waals surface area contributed by atoms with E-state index in [4.69, 9.17) is 4.74 Å². The van der Waals surface area contributed by atoms with Gasteiger partial charge in [0.05, 0.1) is 17.6 Å². The first-order valence-corrected chi connectivity index (χ1v) is 13.0. The first-order valence-electron chi connectivity index (χ1n) is 13.0. The molecule has 4 aromatic rings. The van der Waals surface area contributed by atoms with Crippen LogP contribution in [-0.2, 0) is 6.42 Å². The number of imidazole rings is 1. The van der Waals surface area contributed by atoms with Gasteiger partial charge in [-0.15, -0.1) is 0 Å². The molecule has 0 aliphatic carbocycles. The minimum absolute atomic E-state index is 0.249. The molecular formula is C32H38FN3O. The number of nitrogens with zero attached hydrogens (tertiary/aromatic N) is 1. The third-order valence-corrected chi connectivity index (χ3v) is 6.02. The summed E-state index contributed by atoms with van der Waals surface area (Å²) in [7, 11) is 0. The van der Waals surface area contributed by atoms with Crippen molar-refractivity contribution in [3.63, 3.8) is 0 Å². The topological polar surface area (TPSA) is 49.9 Å². The molecule has 1 aromatic heterocycles. The molecule has 5 heteroatoms. The number of hydrogen-bond acceptors (Lipinski definition) is 3. The third-order valence-electron chi connectivity index (χ3n) is 6.02. The fourth-order valence-electron chi connectivity index (χ4n) is 4.10. The lowest BCUT2D eigenvalue weighted by Gasteiger charge is -2.12. The van der Waals surface area contributed by atoms with Crippen molar-refractivity contribution < 1.29 is 9.13 Å². The Morgan fingerprint density at radius 3 is 2.54 bits per heavy atom. The molecule has 0 spiro atoms. The van der Waals surface area contributed by atoms with E-state index in [1.165, 1.54) is 22.8 Å². The molecule has 0 aliphatic rings. The Kier molecular flexibility index (Phi) is 10.1. The zero-order valence-electron chi connectivity index (χ0n) is 22.6. The summed E-state index contributed by atoms with van der Waals surface area (Å²) in [6.45, 7) is 15.5. The number of allylic oxidation sites excluding steroid dienone is 2. The Balaban J connectivity index is 0.000000248. The summed E-state index contributed by atoms with van der Waals surface area (Å²) in [5.74, 6) is 1.57. The lowest BCUT2D eigenvalue weighted by Crippen LogP contribution is -2.27. The van der Waals surface area contributed by atoms with Gasteiger partial charge in [-0.05, 0) is 91.4 Å². The molecule has 0 bridgehead atoms. The Morgan fingerprint density at radius 2 is 1.84 bits per heavy atom. The van der Waals surface area contributed by atoms with Crippen LogP contribution in [0.4, 0.5) is 10.3 Å². The third kappa shape index (κ3) is 7.10. The van der Waals surface area contributed by atoms with Crippen LogP contribution in [0.1, 0.15) is 46.6 Å². The number of nitrogens with one attached hydrogen (secondary N) is 2. The van der Waals surface area contributed by atoms with Crippen molar-refractivity contribution in [3.05, 3.63) is 88.6 Å². The molecule has 0 amide bonds. The van der Waals surface area contributed by atoms with Crippen molar-refractivity contribution in [1.29, 1.82) is 0 Å². The van der Waals surface area contributed by atoms with Crippen molar-refractivity contribution in [1.82, 2.24) is 9.97 Å². The zero-order chi connectivity index (χ0) is 26.8. The number of benzene rings is 3. The number of ether oxygens (including phenoxy) is 1. The average molecular weight is 500 g/mol. The van der Waals surface area contributed by atoms with Gasteiger partial charge >= 0.3 is 0 Å². The average Bonchev–Trinajstić information content (AvgIpc) is 3.31. The molecule has 0 atom stereocenters. The fourth-order valence-corrected chi connectivity index (χ4v) is 4.10. The quantitative estimate of drug-likeness (QED) is 0.275. The van der Waals surface area contributed by atoms with Crippen molar-refractivity contribution in [3.8, 4) is 16.9 Å². The second-order valence-electron chi connectivity index (χ2n) is 8.82. The van der Waals surface area contributed by atoms with Gasteiger partial charge in [-0.1, -0.05) is 56.8 Å². The van der Waals surface area contributed by atoms with Gasteiger partial charge < -0.3 is 15.0 Å². The molecule has 1 heterocycles. The number of H-pyrrole nitrogens is 1. The maximum absolute atomic E-state index is 13.1.